The van der Waals surface area contributed by atoms with E-state index in [-0.39, 0.29) is 17.1 Å². The lowest BCUT2D eigenvalue weighted by molar-refractivity contribution is 0.0950. The van der Waals surface area contributed by atoms with E-state index >= 15 is 0 Å². The zero-order valence-corrected chi connectivity index (χ0v) is 11.7. The van der Waals surface area contributed by atoms with Gasteiger partial charge in [-0.25, -0.2) is 8.78 Å². The molecule has 0 unspecified atom stereocenters. The minimum Gasteiger partial charge on any atom is -0.389 e. The lowest BCUT2D eigenvalue weighted by atomic mass is 10.1. The van der Waals surface area contributed by atoms with E-state index in [1.165, 1.54) is 6.07 Å². The Morgan fingerprint density at radius 1 is 1.14 bits per heavy atom. The summed E-state index contributed by atoms with van der Waals surface area (Å²) in [5.41, 5.74) is 6.64. The van der Waals surface area contributed by atoms with Gasteiger partial charge in [0.05, 0.1) is 0 Å². The van der Waals surface area contributed by atoms with Gasteiger partial charge in [-0.05, 0) is 18.2 Å². The van der Waals surface area contributed by atoms with Crippen molar-refractivity contribution in [1.82, 2.24) is 5.32 Å². The number of rotatable bonds is 4. The van der Waals surface area contributed by atoms with Gasteiger partial charge < -0.3 is 11.1 Å². The Labute approximate surface area is 125 Å². The number of hydrogen-bond donors (Lipinski definition) is 2. The van der Waals surface area contributed by atoms with Crippen LogP contribution in [0.25, 0.3) is 0 Å². The fourth-order valence-electron chi connectivity index (χ4n) is 1.76. The van der Waals surface area contributed by atoms with Crippen LogP contribution in [-0.2, 0) is 6.54 Å². The van der Waals surface area contributed by atoms with Gasteiger partial charge in [-0.2, -0.15) is 0 Å². The van der Waals surface area contributed by atoms with Gasteiger partial charge in [0, 0.05) is 29.3 Å². The highest BCUT2D eigenvalue weighted by atomic mass is 32.1. The third kappa shape index (κ3) is 3.82. The molecular weight excluding hydrogens is 294 g/mol. The summed E-state index contributed by atoms with van der Waals surface area (Å²) in [6, 6.07) is 9.70. The average molecular weight is 306 g/mol. The second-order valence-electron chi connectivity index (χ2n) is 4.36. The average Bonchev–Trinajstić information content (AvgIpc) is 2.46. The molecule has 1 amide bonds. The lowest BCUT2D eigenvalue weighted by Crippen LogP contribution is -2.24. The van der Waals surface area contributed by atoms with Crippen LogP contribution >= 0.6 is 12.2 Å². The van der Waals surface area contributed by atoms with Crippen molar-refractivity contribution in [1.29, 1.82) is 0 Å². The molecule has 3 N–H and O–H groups in total. The van der Waals surface area contributed by atoms with Gasteiger partial charge in [0.25, 0.3) is 5.91 Å². The van der Waals surface area contributed by atoms with Crippen LogP contribution in [-0.4, -0.2) is 10.9 Å². The number of nitrogens with two attached hydrogens (primary N) is 1. The highest BCUT2D eigenvalue weighted by Gasteiger charge is 2.09. The highest BCUT2D eigenvalue weighted by Crippen LogP contribution is 2.10. The van der Waals surface area contributed by atoms with E-state index in [9.17, 15) is 13.6 Å². The minimum atomic E-state index is -0.702. The van der Waals surface area contributed by atoms with Crippen LogP contribution in [0.5, 0.6) is 0 Å². The molecule has 0 aliphatic rings. The molecule has 6 heteroatoms. The smallest absolute Gasteiger partial charge is 0.251 e. The van der Waals surface area contributed by atoms with E-state index in [1.54, 1.807) is 24.3 Å². The Bertz CT molecular complexity index is 704. The number of amides is 1. The van der Waals surface area contributed by atoms with Crippen molar-refractivity contribution in [2.75, 3.05) is 0 Å². The van der Waals surface area contributed by atoms with Crippen LogP contribution in [0.1, 0.15) is 21.5 Å². The van der Waals surface area contributed by atoms with Gasteiger partial charge in [0.1, 0.15) is 16.6 Å². The standard InChI is InChI=1S/C15H12F2N2OS/c16-12-5-4-11(13(17)7-12)8-19-15(20)10-3-1-2-9(6-10)14(18)21/h1-7H,8H2,(H2,18,21)(H,19,20). The monoisotopic (exact) mass is 306 g/mol. The van der Waals surface area contributed by atoms with Crippen LogP contribution in [0, 0.1) is 11.6 Å². The van der Waals surface area contributed by atoms with Crippen LogP contribution in [0.15, 0.2) is 42.5 Å². The van der Waals surface area contributed by atoms with Crippen molar-refractivity contribution < 1.29 is 13.6 Å². The fraction of sp³-hybridized carbons (Fsp3) is 0.0667. The van der Waals surface area contributed by atoms with Crippen LogP contribution in [0.3, 0.4) is 0 Å². The van der Waals surface area contributed by atoms with Crippen molar-refractivity contribution in [3.8, 4) is 0 Å². The molecule has 0 aromatic heterocycles. The second-order valence-corrected chi connectivity index (χ2v) is 4.80. The fourth-order valence-corrected chi connectivity index (χ4v) is 1.88. The maximum atomic E-state index is 13.4. The topological polar surface area (TPSA) is 55.1 Å². The summed E-state index contributed by atoms with van der Waals surface area (Å²) in [5.74, 6) is -1.75. The Morgan fingerprint density at radius 3 is 2.52 bits per heavy atom. The summed E-state index contributed by atoms with van der Waals surface area (Å²) < 4.78 is 26.2. The first-order valence-corrected chi connectivity index (χ1v) is 6.50. The van der Waals surface area contributed by atoms with Gasteiger partial charge in [-0.1, -0.05) is 30.4 Å². The number of hydrogen-bond acceptors (Lipinski definition) is 2. The molecule has 0 aliphatic heterocycles. The van der Waals surface area contributed by atoms with Gasteiger partial charge >= 0.3 is 0 Å². The number of nitrogens with one attached hydrogen (secondary N) is 1. The second kappa shape index (κ2) is 6.41. The largest absolute Gasteiger partial charge is 0.389 e. The molecule has 0 aliphatic carbocycles. The predicted molar refractivity (Wildman–Crippen MR) is 79.9 cm³/mol. The molecule has 2 aromatic carbocycles. The molecule has 0 spiro atoms. The maximum Gasteiger partial charge on any atom is 0.251 e. The summed E-state index contributed by atoms with van der Waals surface area (Å²) in [6.45, 7) is -0.0394. The molecule has 0 saturated carbocycles. The van der Waals surface area contributed by atoms with Gasteiger partial charge in [0.2, 0.25) is 0 Å². The van der Waals surface area contributed by atoms with Gasteiger partial charge in [-0.15, -0.1) is 0 Å². The number of carbonyl (C=O) groups is 1. The molecule has 0 heterocycles. The summed E-state index contributed by atoms with van der Waals surface area (Å²) in [7, 11) is 0. The van der Waals surface area contributed by atoms with Crippen molar-refractivity contribution in [3.63, 3.8) is 0 Å². The number of thiocarbonyl (C=S) groups is 1. The first kappa shape index (κ1) is 15.1. The summed E-state index contributed by atoms with van der Waals surface area (Å²) >= 11 is 4.84. The third-order valence-corrected chi connectivity index (χ3v) is 3.10. The van der Waals surface area contributed by atoms with E-state index in [0.29, 0.717) is 11.1 Å². The molecule has 0 saturated heterocycles. The molecule has 0 atom stereocenters. The summed E-state index contributed by atoms with van der Waals surface area (Å²) in [6.07, 6.45) is 0. The lowest BCUT2D eigenvalue weighted by Gasteiger charge is -2.07. The minimum absolute atomic E-state index is 0.0394. The first-order valence-electron chi connectivity index (χ1n) is 6.09. The van der Waals surface area contributed by atoms with E-state index in [2.05, 4.69) is 5.32 Å². The Morgan fingerprint density at radius 2 is 1.86 bits per heavy atom. The predicted octanol–water partition coefficient (Wildman–Crippen LogP) is 2.53. The van der Waals surface area contributed by atoms with Crippen molar-refractivity contribution in [3.05, 3.63) is 70.8 Å². The maximum absolute atomic E-state index is 13.4. The van der Waals surface area contributed by atoms with E-state index in [4.69, 9.17) is 18.0 Å². The van der Waals surface area contributed by atoms with Gasteiger partial charge in [-0.3, -0.25) is 4.79 Å². The zero-order valence-electron chi connectivity index (χ0n) is 10.9. The normalized spacial score (nSPS) is 10.2. The van der Waals surface area contributed by atoms with Gasteiger partial charge in [0.15, 0.2) is 0 Å². The summed E-state index contributed by atoms with van der Waals surface area (Å²) in [5, 5.41) is 2.56. The molecule has 2 rings (SSSR count). The zero-order chi connectivity index (χ0) is 15.4. The first-order chi connectivity index (χ1) is 9.97. The number of carbonyl (C=O) groups excluding carboxylic acids is 1. The number of benzene rings is 2. The Hall–Kier alpha value is -2.34. The summed E-state index contributed by atoms with van der Waals surface area (Å²) in [4.78, 5) is 12.2. The SMILES string of the molecule is NC(=S)c1cccc(C(=O)NCc2ccc(F)cc2F)c1. The molecule has 0 fully saturated rings. The van der Waals surface area contributed by atoms with Crippen molar-refractivity contribution >= 4 is 23.1 Å². The molecular formula is C15H12F2N2OS. The van der Waals surface area contributed by atoms with E-state index in [1.807, 2.05) is 0 Å². The van der Waals surface area contributed by atoms with Crippen LogP contribution < -0.4 is 11.1 Å². The molecule has 108 valence electrons. The number of halogens is 2. The van der Waals surface area contributed by atoms with E-state index < -0.39 is 17.5 Å². The molecule has 0 bridgehead atoms. The molecule has 21 heavy (non-hydrogen) atoms. The molecule has 3 nitrogen and oxygen atoms in total. The highest BCUT2D eigenvalue weighted by molar-refractivity contribution is 7.80. The molecule has 0 radical (unpaired) electrons. The van der Waals surface area contributed by atoms with Crippen molar-refractivity contribution in [2.24, 2.45) is 5.73 Å². The third-order valence-electron chi connectivity index (χ3n) is 2.86. The van der Waals surface area contributed by atoms with Crippen LogP contribution in [0.2, 0.25) is 0 Å². The van der Waals surface area contributed by atoms with Crippen LogP contribution in [0.4, 0.5) is 8.78 Å². The van der Waals surface area contributed by atoms with E-state index in [0.717, 1.165) is 12.1 Å². The Balaban J connectivity index is 2.08. The Kier molecular flexibility index (Phi) is 4.59. The quantitative estimate of drug-likeness (QED) is 0.854. The van der Waals surface area contributed by atoms with Crippen molar-refractivity contribution in [2.45, 2.75) is 6.54 Å². The molecule has 2 aromatic rings.